The highest BCUT2D eigenvalue weighted by Gasteiger charge is 2.19. The Hall–Kier alpha value is -0.340. The first-order chi connectivity index (χ1) is 7.58. The summed E-state index contributed by atoms with van der Waals surface area (Å²) < 4.78 is 0. The van der Waals surface area contributed by atoms with Crippen LogP contribution in [0.3, 0.4) is 0 Å². The molecule has 2 rings (SSSR count). The van der Waals surface area contributed by atoms with Gasteiger partial charge in [0.25, 0.3) is 0 Å². The zero-order valence-corrected chi connectivity index (χ0v) is 11.7. The van der Waals surface area contributed by atoms with E-state index in [1.807, 2.05) is 11.3 Å². The second-order valence-corrected chi connectivity index (χ2v) is 6.54. The van der Waals surface area contributed by atoms with E-state index in [1.54, 1.807) is 10.4 Å². The maximum atomic E-state index is 3.69. The number of thiophene rings is 1. The SMILES string of the molecule is CC(NC(C)C(C)C)c1cc2c(s1)CCC2. The van der Waals surface area contributed by atoms with Crippen LogP contribution in [0.5, 0.6) is 0 Å². The topological polar surface area (TPSA) is 12.0 Å². The van der Waals surface area contributed by atoms with Gasteiger partial charge in [0, 0.05) is 21.8 Å². The van der Waals surface area contributed by atoms with E-state index in [2.05, 4.69) is 39.1 Å². The molecule has 90 valence electrons. The summed E-state index contributed by atoms with van der Waals surface area (Å²) in [5, 5.41) is 3.69. The zero-order valence-electron chi connectivity index (χ0n) is 10.8. The monoisotopic (exact) mass is 237 g/mol. The van der Waals surface area contributed by atoms with Gasteiger partial charge in [0.1, 0.15) is 0 Å². The predicted octanol–water partition coefficient (Wildman–Crippen LogP) is 3.93. The molecule has 1 N–H and O–H groups in total. The normalized spacial score (nSPS) is 18.8. The first-order valence-electron chi connectivity index (χ1n) is 6.45. The van der Waals surface area contributed by atoms with Crippen LogP contribution >= 0.6 is 11.3 Å². The molecule has 16 heavy (non-hydrogen) atoms. The van der Waals surface area contributed by atoms with E-state index in [1.165, 1.54) is 24.1 Å². The summed E-state index contributed by atoms with van der Waals surface area (Å²) in [6.45, 7) is 9.12. The third-order valence-electron chi connectivity index (χ3n) is 3.71. The molecule has 1 aliphatic rings. The average molecular weight is 237 g/mol. The molecule has 0 saturated heterocycles. The van der Waals surface area contributed by atoms with Crippen LogP contribution in [-0.4, -0.2) is 6.04 Å². The Morgan fingerprint density at radius 3 is 2.56 bits per heavy atom. The van der Waals surface area contributed by atoms with E-state index in [-0.39, 0.29) is 0 Å². The van der Waals surface area contributed by atoms with Gasteiger partial charge in [-0.2, -0.15) is 0 Å². The molecule has 2 atom stereocenters. The largest absolute Gasteiger partial charge is 0.307 e. The number of nitrogens with one attached hydrogen (secondary N) is 1. The zero-order chi connectivity index (χ0) is 11.7. The van der Waals surface area contributed by atoms with Crippen molar-refractivity contribution < 1.29 is 0 Å². The minimum atomic E-state index is 0.507. The minimum absolute atomic E-state index is 0.507. The molecular weight excluding hydrogens is 214 g/mol. The van der Waals surface area contributed by atoms with Crippen LogP contribution in [0.1, 0.15) is 55.5 Å². The Morgan fingerprint density at radius 2 is 1.94 bits per heavy atom. The van der Waals surface area contributed by atoms with Gasteiger partial charge in [-0.05, 0) is 50.7 Å². The van der Waals surface area contributed by atoms with Crippen LogP contribution in [0.25, 0.3) is 0 Å². The predicted molar refractivity (Wildman–Crippen MR) is 72.2 cm³/mol. The molecule has 0 bridgehead atoms. The van der Waals surface area contributed by atoms with Crippen molar-refractivity contribution in [2.75, 3.05) is 0 Å². The molecule has 0 amide bonds. The van der Waals surface area contributed by atoms with Gasteiger partial charge in [-0.25, -0.2) is 0 Å². The number of rotatable bonds is 4. The van der Waals surface area contributed by atoms with Crippen molar-refractivity contribution in [3.05, 3.63) is 21.4 Å². The van der Waals surface area contributed by atoms with Crippen molar-refractivity contribution in [2.24, 2.45) is 5.92 Å². The Morgan fingerprint density at radius 1 is 1.19 bits per heavy atom. The minimum Gasteiger partial charge on any atom is -0.307 e. The third kappa shape index (κ3) is 2.49. The summed E-state index contributed by atoms with van der Waals surface area (Å²) in [4.78, 5) is 3.16. The van der Waals surface area contributed by atoms with Gasteiger partial charge in [-0.1, -0.05) is 13.8 Å². The summed E-state index contributed by atoms with van der Waals surface area (Å²) in [6.07, 6.45) is 3.98. The molecule has 2 unspecified atom stereocenters. The van der Waals surface area contributed by atoms with Gasteiger partial charge in [0.2, 0.25) is 0 Å². The molecule has 1 aliphatic carbocycles. The molecule has 0 aliphatic heterocycles. The fourth-order valence-electron chi connectivity index (χ4n) is 2.23. The fourth-order valence-corrected chi connectivity index (χ4v) is 3.50. The van der Waals surface area contributed by atoms with Crippen molar-refractivity contribution in [1.29, 1.82) is 0 Å². The highest BCUT2D eigenvalue weighted by Crippen LogP contribution is 2.33. The number of hydrogen-bond acceptors (Lipinski definition) is 2. The van der Waals surface area contributed by atoms with E-state index < -0.39 is 0 Å². The number of fused-ring (bicyclic) bond motifs is 1. The van der Waals surface area contributed by atoms with Crippen LogP contribution in [0.4, 0.5) is 0 Å². The molecule has 1 aromatic rings. The molecule has 0 spiro atoms. The number of hydrogen-bond donors (Lipinski definition) is 1. The Kier molecular flexibility index (Phi) is 3.70. The first kappa shape index (κ1) is 12.1. The van der Waals surface area contributed by atoms with Gasteiger partial charge in [-0.15, -0.1) is 11.3 Å². The summed E-state index contributed by atoms with van der Waals surface area (Å²) in [5.41, 5.74) is 1.62. The lowest BCUT2D eigenvalue weighted by Gasteiger charge is -2.22. The molecule has 0 fully saturated rings. The summed E-state index contributed by atoms with van der Waals surface area (Å²) in [6, 6.07) is 3.53. The molecule has 1 nitrogen and oxygen atoms in total. The summed E-state index contributed by atoms with van der Waals surface area (Å²) in [7, 11) is 0. The maximum Gasteiger partial charge on any atom is 0.0388 e. The fraction of sp³-hybridized carbons (Fsp3) is 0.714. The third-order valence-corrected chi connectivity index (χ3v) is 5.13. The van der Waals surface area contributed by atoms with E-state index in [0.29, 0.717) is 18.0 Å². The van der Waals surface area contributed by atoms with Gasteiger partial charge < -0.3 is 5.32 Å². The van der Waals surface area contributed by atoms with Crippen LogP contribution in [-0.2, 0) is 12.8 Å². The number of aryl methyl sites for hydroxylation is 2. The molecule has 2 heteroatoms. The summed E-state index contributed by atoms with van der Waals surface area (Å²) >= 11 is 2.02. The summed E-state index contributed by atoms with van der Waals surface area (Å²) in [5.74, 6) is 0.703. The van der Waals surface area contributed by atoms with E-state index in [0.717, 1.165) is 0 Å². The Bertz CT molecular complexity index is 332. The molecule has 1 heterocycles. The van der Waals surface area contributed by atoms with Gasteiger partial charge in [-0.3, -0.25) is 0 Å². The molecule has 1 aromatic heterocycles. The van der Waals surface area contributed by atoms with Crippen molar-refractivity contribution in [1.82, 2.24) is 5.32 Å². The molecule has 0 saturated carbocycles. The molecular formula is C14H23NS. The van der Waals surface area contributed by atoms with Crippen molar-refractivity contribution in [3.8, 4) is 0 Å². The first-order valence-corrected chi connectivity index (χ1v) is 7.27. The lowest BCUT2D eigenvalue weighted by atomic mass is 10.1. The maximum absolute atomic E-state index is 3.69. The van der Waals surface area contributed by atoms with Crippen molar-refractivity contribution in [3.63, 3.8) is 0 Å². The van der Waals surface area contributed by atoms with Crippen molar-refractivity contribution >= 4 is 11.3 Å². The van der Waals surface area contributed by atoms with E-state index >= 15 is 0 Å². The van der Waals surface area contributed by atoms with Crippen LogP contribution in [0, 0.1) is 5.92 Å². The second-order valence-electron chi connectivity index (χ2n) is 5.37. The van der Waals surface area contributed by atoms with Gasteiger partial charge in [0.05, 0.1) is 0 Å². The quantitative estimate of drug-likeness (QED) is 0.836. The van der Waals surface area contributed by atoms with Gasteiger partial charge >= 0.3 is 0 Å². The van der Waals surface area contributed by atoms with Crippen molar-refractivity contribution in [2.45, 2.75) is 59.0 Å². The average Bonchev–Trinajstić information content (AvgIpc) is 2.75. The Balaban J connectivity index is 2.01. The van der Waals surface area contributed by atoms with E-state index in [4.69, 9.17) is 0 Å². The lowest BCUT2D eigenvalue weighted by Crippen LogP contribution is -2.32. The van der Waals surface area contributed by atoms with E-state index in [9.17, 15) is 0 Å². The highest BCUT2D eigenvalue weighted by molar-refractivity contribution is 7.12. The Labute approximate surface area is 103 Å². The lowest BCUT2D eigenvalue weighted by molar-refractivity contribution is 0.391. The smallest absolute Gasteiger partial charge is 0.0388 e. The second kappa shape index (κ2) is 4.89. The highest BCUT2D eigenvalue weighted by atomic mass is 32.1. The molecule has 0 aromatic carbocycles. The van der Waals surface area contributed by atoms with Crippen LogP contribution in [0.2, 0.25) is 0 Å². The molecule has 0 radical (unpaired) electrons. The van der Waals surface area contributed by atoms with Crippen LogP contribution in [0.15, 0.2) is 6.07 Å². The standard InChI is InChI=1S/C14H23NS/c1-9(2)10(3)15-11(4)14-8-12-6-5-7-13(12)16-14/h8-11,15H,5-7H2,1-4H3. The van der Waals surface area contributed by atoms with Gasteiger partial charge in [0.15, 0.2) is 0 Å². The van der Waals surface area contributed by atoms with Crippen LogP contribution < -0.4 is 5.32 Å².